The van der Waals surface area contributed by atoms with Crippen LogP contribution < -0.4 is 0 Å². The number of nitroso groups, excluding NO2 is 1. The van der Waals surface area contributed by atoms with Crippen LogP contribution in [0.15, 0.2) is 41.1 Å². The molecule has 0 bridgehead atoms. The molecule has 1 spiro atoms. The van der Waals surface area contributed by atoms with E-state index in [2.05, 4.69) is 42.5 Å². The average Bonchev–Trinajstić information content (AvgIpc) is 3.26. The summed E-state index contributed by atoms with van der Waals surface area (Å²) in [5.74, 6) is 4.56. The molecule has 26 heavy (non-hydrogen) atoms. The van der Waals surface area contributed by atoms with Gasteiger partial charge >= 0.3 is 0 Å². The van der Waals surface area contributed by atoms with E-state index in [0.717, 1.165) is 43.1 Å². The van der Waals surface area contributed by atoms with Gasteiger partial charge in [-0.15, -0.1) is 0 Å². The number of hydrogen-bond acceptors (Lipinski definition) is 3. The van der Waals surface area contributed by atoms with E-state index < -0.39 is 0 Å². The average molecular weight is 351 g/mol. The first-order valence-corrected chi connectivity index (χ1v) is 10.8. The van der Waals surface area contributed by atoms with Gasteiger partial charge in [0.2, 0.25) is 0 Å². The third kappa shape index (κ3) is 1.70. The summed E-state index contributed by atoms with van der Waals surface area (Å²) < 4.78 is 6.54. The lowest BCUT2D eigenvalue weighted by atomic mass is 9.49. The maximum absolute atomic E-state index is 11.0. The molecule has 3 heteroatoms. The first-order chi connectivity index (χ1) is 12.7. The summed E-state index contributed by atoms with van der Waals surface area (Å²) in [5.41, 5.74) is 1.80. The highest BCUT2D eigenvalue weighted by atomic mass is 16.5. The molecule has 3 nitrogen and oxygen atoms in total. The number of nitrogens with zero attached hydrogens (tertiary/aromatic N) is 1. The molecule has 0 radical (unpaired) electrons. The van der Waals surface area contributed by atoms with Crippen LogP contribution in [0.2, 0.25) is 0 Å². The maximum Gasteiger partial charge on any atom is 0.111 e. The number of hydrogen-bond donors (Lipinski definition) is 0. The zero-order valence-electron chi connectivity index (χ0n) is 15.6. The van der Waals surface area contributed by atoms with Crippen molar-refractivity contribution in [1.82, 2.24) is 0 Å². The molecule has 3 saturated carbocycles. The van der Waals surface area contributed by atoms with E-state index in [0.29, 0.717) is 17.3 Å². The monoisotopic (exact) mass is 351 g/mol. The van der Waals surface area contributed by atoms with E-state index in [-0.39, 0.29) is 11.6 Å². The van der Waals surface area contributed by atoms with Crippen molar-refractivity contribution in [2.75, 3.05) is 6.61 Å². The van der Waals surface area contributed by atoms with Gasteiger partial charge in [0.25, 0.3) is 0 Å². The Balaban J connectivity index is 1.41. The van der Waals surface area contributed by atoms with Crippen LogP contribution in [0.1, 0.15) is 45.4 Å². The van der Waals surface area contributed by atoms with E-state index in [9.17, 15) is 4.91 Å². The van der Waals surface area contributed by atoms with Gasteiger partial charge in [-0.05, 0) is 79.6 Å². The zero-order chi connectivity index (χ0) is 17.5. The second-order valence-electron chi connectivity index (χ2n) is 9.71. The summed E-state index contributed by atoms with van der Waals surface area (Å²) in [6.45, 7) is 3.23. The molecule has 0 aromatic carbocycles. The van der Waals surface area contributed by atoms with Crippen LogP contribution in [0.5, 0.6) is 0 Å². The Morgan fingerprint density at radius 1 is 1.27 bits per heavy atom. The molecule has 0 amide bonds. The van der Waals surface area contributed by atoms with Gasteiger partial charge in [0.1, 0.15) is 6.04 Å². The lowest BCUT2D eigenvalue weighted by Gasteiger charge is -2.57. The summed E-state index contributed by atoms with van der Waals surface area (Å²) in [6.07, 6.45) is 19.2. The Morgan fingerprint density at radius 3 is 2.96 bits per heavy atom. The highest BCUT2D eigenvalue weighted by Crippen LogP contribution is 2.78. The second kappa shape index (κ2) is 5.19. The van der Waals surface area contributed by atoms with Gasteiger partial charge in [-0.3, -0.25) is 0 Å². The van der Waals surface area contributed by atoms with Crippen molar-refractivity contribution in [2.24, 2.45) is 46.1 Å². The third-order valence-electron chi connectivity index (χ3n) is 9.27. The SMILES string of the molecule is CC[C@]12CCC3C(C=CC4=CC(N=O)CC[C@@H]43)C1C1CC1[C@@]21C=CCO1. The molecular weight excluding hydrogens is 322 g/mol. The largest absolute Gasteiger partial charge is 0.366 e. The molecule has 6 aliphatic rings. The molecule has 5 aliphatic carbocycles. The quantitative estimate of drug-likeness (QED) is 0.516. The number of fused-ring (bicyclic) bond motifs is 9. The van der Waals surface area contributed by atoms with Gasteiger partial charge in [0.05, 0.1) is 12.2 Å². The first-order valence-electron chi connectivity index (χ1n) is 10.8. The molecule has 3 fully saturated rings. The van der Waals surface area contributed by atoms with Crippen molar-refractivity contribution in [1.29, 1.82) is 0 Å². The Bertz CT molecular complexity index is 738. The summed E-state index contributed by atoms with van der Waals surface area (Å²) in [5, 5.41) is 3.30. The predicted molar refractivity (Wildman–Crippen MR) is 101 cm³/mol. The van der Waals surface area contributed by atoms with Crippen molar-refractivity contribution in [3.05, 3.63) is 40.9 Å². The van der Waals surface area contributed by atoms with Crippen molar-refractivity contribution < 1.29 is 4.74 Å². The Kier molecular flexibility index (Phi) is 3.15. The predicted octanol–water partition coefficient (Wildman–Crippen LogP) is 5.04. The highest BCUT2D eigenvalue weighted by molar-refractivity contribution is 5.38. The number of allylic oxidation sites excluding steroid dienone is 3. The molecule has 1 aliphatic heterocycles. The summed E-state index contributed by atoms with van der Waals surface area (Å²) in [4.78, 5) is 11.0. The van der Waals surface area contributed by atoms with E-state index in [1.807, 2.05) is 0 Å². The van der Waals surface area contributed by atoms with E-state index in [4.69, 9.17) is 4.74 Å². The standard InChI is InChI=1S/C23H29NO2/c1-2-22-10-8-17-16-7-5-15(24-25)12-14(16)4-6-18(17)21(22)19-13-20(19)23(22)9-3-11-26-23/h3-4,6,9,12,15-21H,2,5,7-8,10-11,13H2,1H3/t15?,16-,17?,18?,19?,20?,21?,22-,23-/m0/s1. The number of ether oxygens (including phenoxy) is 1. The topological polar surface area (TPSA) is 38.7 Å². The molecule has 1 heterocycles. The van der Waals surface area contributed by atoms with Crippen LogP contribution in [-0.2, 0) is 4.74 Å². The Labute approximate surface area is 155 Å². The fourth-order valence-electron chi connectivity index (χ4n) is 8.35. The van der Waals surface area contributed by atoms with Crippen LogP contribution in [0.25, 0.3) is 0 Å². The number of rotatable bonds is 2. The Morgan fingerprint density at radius 2 is 2.19 bits per heavy atom. The van der Waals surface area contributed by atoms with E-state index in [1.54, 1.807) is 0 Å². The lowest BCUT2D eigenvalue weighted by molar-refractivity contribution is -0.132. The normalized spacial score (nSPS) is 55.7. The van der Waals surface area contributed by atoms with Crippen LogP contribution in [0.4, 0.5) is 0 Å². The van der Waals surface area contributed by atoms with Crippen LogP contribution in [0, 0.1) is 45.8 Å². The fraction of sp³-hybridized carbons (Fsp3) is 0.739. The lowest BCUT2D eigenvalue weighted by Crippen LogP contribution is -2.55. The molecule has 0 N–H and O–H groups in total. The van der Waals surface area contributed by atoms with Gasteiger partial charge in [0, 0.05) is 5.41 Å². The minimum absolute atomic E-state index is 0.0467. The minimum Gasteiger partial charge on any atom is -0.366 e. The smallest absolute Gasteiger partial charge is 0.111 e. The Hall–Kier alpha value is -1.22. The van der Waals surface area contributed by atoms with Crippen molar-refractivity contribution in [3.63, 3.8) is 0 Å². The second-order valence-corrected chi connectivity index (χ2v) is 9.71. The van der Waals surface area contributed by atoms with Crippen molar-refractivity contribution in [3.8, 4) is 0 Å². The summed E-state index contributed by atoms with van der Waals surface area (Å²) >= 11 is 0. The fourth-order valence-corrected chi connectivity index (χ4v) is 8.35. The van der Waals surface area contributed by atoms with Crippen molar-refractivity contribution >= 4 is 0 Å². The molecule has 9 atom stereocenters. The molecule has 0 saturated heterocycles. The van der Waals surface area contributed by atoms with Crippen LogP contribution >= 0.6 is 0 Å². The molecule has 0 aromatic heterocycles. The van der Waals surface area contributed by atoms with Gasteiger partial charge in [-0.2, -0.15) is 4.91 Å². The molecule has 6 rings (SSSR count). The van der Waals surface area contributed by atoms with Crippen LogP contribution in [-0.4, -0.2) is 18.2 Å². The highest BCUT2D eigenvalue weighted by Gasteiger charge is 2.77. The summed E-state index contributed by atoms with van der Waals surface area (Å²) in [6, 6.07) is -0.0969. The maximum atomic E-state index is 11.0. The van der Waals surface area contributed by atoms with Gasteiger partial charge < -0.3 is 4.74 Å². The van der Waals surface area contributed by atoms with Crippen molar-refractivity contribution in [2.45, 2.75) is 57.1 Å². The zero-order valence-corrected chi connectivity index (χ0v) is 15.6. The molecular formula is C23H29NO2. The van der Waals surface area contributed by atoms with Gasteiger partial charge in [-0.1, -0.05) is 42.5 Å². The van der Waals surface area contributed by atoms with E-state index in [1.165, 1.54) is 31.3 Å². The van der Waals surface area contributed by atoms with E-state index >= 15 is 0 Å². The summed E-state index contributed by atoms with van der Waals surface area (Å²) in [7, 11) is 0. The molecule has 6 unspecified atom stereocenters. The minimum atomic E-state index is -0.0969. The first kappa shape index (κ1) is 15.8. The third-order valence-corrected chi connectivity index (χ3v) is 9.27. The van der Waals surface area contributed by atoms with Crippen LogP contribution in [0.3, 0.4) is 0 Å². The van der Waals surface area contributed by atoms with Gasteiger partial charge in [0.15, 0.2) is 0 Å². The molecule has 0 aromatic rings. The van der Waals surface area contributed by atoms with Gasteiger partial charge in [-0.25, -0.2) is 0 Å². The molecule has 138 valence electrons.